The predicted octanol–water partition coefficient (Wildman–Crippen LogP) is 1.39. The van der Waals surface area contributed by atoms with Crippen LogP contribution in [0.5, 0.6) is 5.75 Å². The van der Waals surface area contributed by atoms with E-state index in [-0.39, 0.29) is 26.4 Å². The molecular weight excluding hydrogens is 470 g/mol. The number of morpholine rings is 1. The van der Waals surface area contributed by atoms with E-state index < -0.39 is 36.0 Å². The van der Waals surface area contributed by atoms with Crippen molar-refractivity contribution in [2.45, 2.75) is 32.6 Å². The molecule has 3 rings (SSSR count). The molecule has 11 heteroatoms. The Morgan fingerprint density at radius 1 is 1.19 bits per heavy atom. The van der Waals surface area contributed by atoms with Gasteiger partial charge in [0.15, 0.2) is 12.7 Å². The lowest BCUT2D eigenvalue weighted by Gasteiger charge is -2.35. The van der Waals surface area contributed by atoms with Crippen LogP contribution in [0.3, 0.4) is 0 Å². The van der Waals surface area contributed by atoms with Crippen LogP contribution < -0.4 is 20.7 Å². The fraction of sp³-hybridized carbons (Fsp3) is 0.360. The van der Waals surface area contributed by atoms with Crippen LogP contribution in [0, 0.1) is 0 Å². The van der Waals surface area contributed by atoms with Crippen molar-refractivity contribution in [2.75, 3.05) is 36.6 Å². The zero-order valence-electron chi connectivity index (χ0n) is 20.1. The van der Waals surface area contributed by atoms with Crippen molar-refractivity contribution in [2.24, 2.45) is 5.73 Å². The van der Waals surface area contributed by atoms with Crippen LogP contribution in [0.2, 0.25) is 0 Å². The first-order valence-corrected chi connectivity index (χ1v) is 11.4. The number of hydrogen-bond acceptors (Lipinski definition) is 9. The number of carbonyl (C=O) groups excluding carboxylic acids is 4. The minimum absolute atomic E-state index is 0.0978. The number of amides is 2. The number of rotatable bonds is 10. The van der Waals surface area contributed by atoms with E-state index in [9.17, 15) is 19.2 Å². The van der Waals surface area contributed by atoms with E-state index in [4.69, 9.17) is 24.7 Å². The molecule has 0 aliphatic carbocycles. The summed E-state index contributed by atoms with van der Waals surface area (Å²) in [7, 11) is 0. The molecule has 0 radical (unpaired) electrons. The number of anilines is 2. The van der Waals surface area contributed by atoms with Crippen LogP contribution in [0.15, 0.2) is 48.5 Å². The summed E-state index contributed by atoms with van der Waals surface area (Å²) in [6.45, 7) is 3.44. The van der Waals surface area contributed by atoms with Crippen molar-refractivity contribution < 1.29 is 38.1 Å². The molecular formula is C25H29N3O8. The van der Waals surface area contributed by atoms with Gasteiger partial charge in [0, 0.05) is 37.5 Å². The molecule has 1 aliphatic rings. The number of benzene rings is 2. The van der Waals surface area contributed by atoms with Crippen LogP contribution in [0.1, 0.15) is 19.4 Å². The summed E-state index contributed by atoms with van der Waals surface area (Å²) in [6.07, 6.45) is -2.88. The lowest BCUT2D eigenvalue weighted by atomic mass is 10.1. The summed E-state index contributed by atoms with van der Waals surface area (Å²) >= 11 is 0. The molecule has 0 bridgehead atoms. The van der Waals surface area contributed by atoms with Crippen LogP contribution in [-0.4, -0.2) is 62.3 Å². The molecule has 0 aromatic heterocycles. The van der Waals surface area contributed by atoms with Gasteiger partial charge in [-0.1, -0.05) is 18.2 Å². The lowest BCUT2D eigenvalue weighted by Crippen LogP contribution is -2.56. The highest BCUT2D eigenvalue weighted by molar-refractivity contribution is 6.04. The molecule has 0 saturated carbocycles. The second-order valence-electron chi connectivity index (χ2n) is 7.79. The molecule has 1 aliphatic heterocycles. The van der Waals surface area contributed by atoms with Crippen LogP contribution in [0.25, 0.3) is 0 Å². The molecule has 2 aromatic rings. The van der Waals surface area contributed by atoms with Gasteiger partial charge in [0.2, 0.25) is 6.10 Å². The monoisotopic (exact) mass is 499 g/mol. The third-order valence-electron chi connectivity index (χ3n) is 5.20. The molecule has 1 fully saturated rings. The summed E-state index contributed by atoms with van der Waals surface area (Å²) in [6, 6.07) is 13.4. The summed E-state index contributed by atoms with van der Waals surface area (Å²) in [4.78, 5) is 51.1. The number of carbonyl (C=O) groups is 4. The second-order valence-corrected chi connectivity index (χ2v) is 7.79. The molecule has 0 spiro atoms. The molecule has 2 atom stereocenters. The summed E-state index contributed by atoms with van der Waals surface area (Å²) < 4.78 is 21.1. The van der Waals surface area contributed by atoms with E-state index in [0.29, 0.717) is 23.7 Å². The lowest BCUT2D eigenvalue weighted by molar-refractivity contribution is -0.167. The van der Waals surface area contributed by atoms with Crippen LogP contribution in [-0.2, 0) is 39.9 Å². The molecule has 11 nitrogen and oxygen atoms in total. The van der Waals surface area contributed by atoms with Gasteiger partial charge in [0.05, 0.1) is 13.2 Å². The van der Waals surface area contributed by atoms with Gasteiger partial charge in [-0.25, -0.2) is 4.79 Å². The summed E-state index contributed by atoms with van der Waals surface area (Å²) in [5.41, 5.74) is 7.38. The van der Waals surface area contributed by atoms with Gasteiger partial charge in [0.1, 0.15) is 5.75 Å². The molecule has 36 heavy (non-hydrogen) atoms. The molecule has 2 aromatic carbocycles. The first-order valence-electron chi connectivity index (χ1n) is 11.4. The smallest absolute Gasteiger partial charge is 0.344 e. The largest absolute Gasteiger partial charge is 0.482 e. The van der Waals surface area contributed by atoms with Gasteiger partial charge in [0.25, 0.3) is 11.8 Å². The van der Waals surface area contributed by atoms with Crippen molar-refractivity contribution >= 4 is 35.1 Å². The highest BCUT2D eigenvalue weighted by Gasteiger charge is 2.42. The Morgan fingerprint density at radius 2 is 1.94 bits per heavy atom. The standard InChI is InChI=1S/C25H29N3O8/c1-3-33-21(30)15-35-20-6-4-5-19(13-20)28-11-12-34-23(25(28)32)22(36-16(2)29)24(31)27-18-9-7-17(14-26)8-10-18/h4-10,13,22-23H,3,11-12,14-15,26H2,1-2H3,(H,27,31)/t22-,23-/m1/s1. The Labute approximate surface area is 208 Å². The van der Waals surface area contributed by atoms with Gasteiger partial charge >= 0.3 is 11.9 Å². The molecule has 1 saturated heterocycles. The number of nitrogens with two attached hydrogens (primary N) is 1. The number of ether oxygens (including phenoxy) is 4. The van der Waals surface area contributed by atoms with Gasteiger partial charge in [-0.15, -0.1) is 0 Å². The Morgan fingerprint density at radius 3 is 2.61 bits per heavy atom. The third-order valence-corrected chi connectivity index (χ3v) is 5.20. The zero-order valence-corrected chi connectivity index (χ0v) is 20.1. The molecule has 0 unspecified atom stereocenters. The molecule has 2 amide bonds. The van der Waals surface area contributed by atoms with E-state index >= 15 is 0 Å². The van der Waals surface area contributed by atoms with Crippen LogP contribution >= 0.6 is 0 Å². The van der Waals surface area contributed by atoms with Gasteiger partial charge in [-0.05, 0) is 36.8 Å². The van der Waals surface area contributed by atoms with Crippen molar-refractivity contribution in [1.29, 1.82) is 0 Å². The average molecular weight is 500 g/mol. The minimum atomic E-state index is -1.52. The fourth-order valence-corrected chi connectivity index (χ4v) is 3.53. The number of hydrogen-bond donors (Lipinski definition) is 2. The van der Waals surface area contributed by atoms with Crippen molar-refractivity contribution in [3.8, 4) is 5.75 Å². The first-order chi connectivity index (χ1) is 17.3. The predicted molar refractivity (Wildman–Crippen MR) is 129 cm³/mol. The maximum absolute atomic E-state index is 13.4. The fourth-order valence-electron chi connectivity index (χ4n) is 3.53. The van der Waals surface area contributed by atoms with E-state index in [0.717, 1.165) is 12.5 Å². The van der Waals surface area contributed by atoms with Crippen molar-refractivity contribution in [1.82, 2.24) is 0 Å². The Balaban J connectivity index is 1.76. The van der Waals surface area contributed by atoms with Gasteiger partial charge in [-0.2, -0.15) is 0 Å². The third kappa shape index (κ3) is 7.03. The quantitative estimate of drug-likeness (QED) is 0.463. The first kappa shape index (κ1) is 26.6. The molecule has 192 valence electrons. The molecule has 1 heterocycles. The van der Waals surface area contributed by atoms with E-state index in [1.54, 1.807) is 55.5 Å². The van der Waals surface area contributed by atoms with Gasteiger partial charge < -0.3 is 34.9 Å². The maximum Gasteiger partial charge on any atom is 0.344 e. The van der Waals surface area contributed by atoms with Crippen molar-refractivity contribution in [3.63, 3.8) is 0 Å². The molecule has 3 N–H and O–H groups in total. The Bertz CT molecular complexity index is 1090. The summed E-state index contributed by atoms with van der Waals surface area (Å²) in [5.74, 6) is -2.18. The summed E-state index contributed by atoms with van der Waals surface area (Å²) in [5, 5.41) is 2.65. The topological polar surface area (TPSA) is 146 Å². The van der Waals surface area contributed by atoms with E-state index in [1.807, 2.05) is 0 Å². The minimum Gasteiger partial charge on any atom is -0.482 e. The SMILES string of the molecule is CCOC(=O)COc1cccc(N2CCO[C@H]([C@@H](OC(C)=O)C(=O)Nc3ccc(CN)cc3)C2=O)c1. The number of nitrogens with one attached hydrogen (secondary N) is 1. The zero-order chi connectivity index (χ0) is 26.1. The van der Waals surface area contributed by atoms with E-state index in [2.05, 4.69) is 5.32 Å². The second kappa shape index (κ2) is 12.7. The van der Waals surface area contributed by atoms with E-state index in [1.165, 1.54) is 4.90 Å². The number of nitrogens with zero attached hydrogens (tertiary/aromatic N) is 1. The number of esters is 2. The Kier molecular flexibility index (Phi) is 9.37. The maximum atomic E-state index is 13.4. The van der Waals surface area contributed by atoms with Crippen molar-refractivity contribution in [3.05, 3.63) is 54.1 Å². The highest BCUT2D eigenvalue weighted by atomic mass is 16.6. The normalized spacial score (nSPS) is 16.1. The Hall–Kier alpha value is -3.96. The van der Waals surface area contributed by atoms with Gasteiger partial charge in [-0.3, -0.25) is 14.4 Å². The average Bonchev–Trinajstić information content (AvgIpc) is 2.87. The van der Waals surface area contributed by atoms with Crippen LogP contribution in [0.4, 0.5) is 11.4 Å². The highest BCUT2D eigenvalue weighted by Crippen LogP contribution is 2.26.